The highest BCUT2D eigenvalue weighted by atomic mass is 16.6. The highest BCUT2D eigenvalue weighted by Crippen LogP contribution is 2.14. The number of nitro groups is 1. The van der Waals surface area contributed by atoms with E-state index in [9.17, 15) is 14.9 Å². The lowest BCUT2D eigenvalue weighted by Gasteiger charge is -1.97. The zero-order valence-corrected chi connectivity index (χ0v) is 11.2. The molecule has 104 valence electrons. The first-order valence-electron chi connectivity index (χ1n) is 6.34. The predicted octanol–water partition coefficient (Wildman–Crippen LogP) is 3.89. The Morgan fingerprint density at radius 2 is 1.67 bits per heavy atom. The van der Waals surface area contributed by atoms with Gasteiger partial charge in [-0.05, 0) is 23.3 Å². The molecule has 0 atom stereocenters. The molecule has 0 saturated carbocycles. The van der Waals surface area contributed by atoms with Gasteiger partial charge >= 0.3 is 0 Å². The molecule has 4 nitrogen and oxygen atoms in total. The van der Waals surface area contributed by atoms with Crippen LogP contribution in [0.4, 0.5) is 5.69 Å². The topological polar surface area (TPSA) is 60.2 Å². The standard InChI is InChI=1S/C17H13NO3/c19-13-16(15-6-2-1-3-7-15)8-4-5-14-9-11-17(12-10-14)18(20)21/h1-13H. The number of non-ortho nitro benzene ring substituents is 1. The van der Waals surface area contributed by atoms with Gasteiger partial charge in [-0.3, -0.25) is 14.9 Å². The van der Waals surface area contributed by atoms with E-state index in [1.165, 1.54) is 12.1 Å². The van der Waals surface area contributed by atoms with Crippen molar-refractivity contribution in [1.82, 2.24) is 0 Å². The number of nitro benzene ring substituents is 1. The number of carbonyl (C=O) groups excluding carboxylic acids is 1. The maximum Gasteiger partial charge on any atom is 0.269 e. The minimum Gasteiger partial charge on any atom is -0.298 e. The average molecular weight is 279 g/mol. The molecule has 0 spiro atoms. The summed E-state index contributed by atoms with van der Waals surface area (Å²) in [6, 6.07) is 15.6. The van der Waals surface area contributed by atoms with Crippen LogP contribution < -0.4 is 0 Å². The Bertz CT molecular complexity index is 686. The highest BCUT2D eigenvalue weighted by molar-refractivity contribution is 6.07. The Labute approximate surface area is 122 Å². The summed E-state index contributed by atoms with van der Waals surface area (Å²) in [7, 11) is 0. The predicted molar refractivity (Wildman–Crippen MR) is 82.6 cm³/mol. The van der Waals surface area contributed by atoms with Crippen LogP contribution in [0.5, 0.6) is 0 Å². The maximum absolute atomic E-state index is 11.1. The SMILES string of the molecule is O=CC(=CC=Cc1ccc([N+](=O)[O-])cc1)c1ccccc1. The first-order valence-corrected chi connectivity index (χ1v) is 6.34. The van der Waals surface area contributed by atoms with Crippen LogP contribution in [0.1, 0.15) is 11.1 Å². The van der Waals surface area contributed by atoms with Crippen molar-refractivity contribution in [2.45, 2.75) is 0 Å². The molecule has 2 aromatic rings. The smallest absolute Gasteiger partial charge is 0.269 e. The molecule has 0 N–H and O–H groups in total. The minimum atomic E-state index is -0.437. The lowest BCUT2D eigenvalue weighted by atomic mass is 10.1. The molecule has 0 aromatic heterocycles. The van der Waals surface area contributed by atoms with Crippen LogP contribution in [-0.2, 0) is 4.79 Å². The average Bonchev–Trinajstić information content (AvgIpc) is 2.53. The molecule has 0 radical (unpaired) electrons. The van der Waals surface area contributed by atoms with Crippen molar-refractivity contribution in [2.75, 3.05) is 0 Å². The number of carbonyl (C=O) groups is 1. The third-order valence-electron chi connectivity index (χ3n) is 2.90. The molecular weight excluding hydrogens is 266 g/mol. The largest absolute Gasteiger partial charge is 0.298 e. The lowest BCUT2D eigenvalue weighted by Crippen LogP contribution is -1.86. The first kappa shape index (κ1) is 14.4. The Morgan fingerprint density at radius 1 is 1.00 bits per heavy atom. The summed E-state index contributed by atoms with van der Waals surface area (Å²) in [5.74, 6) is 0. The zero-order chi connectivity index (χ0) is 15.1. The van der Waals surface area contributed by atoms with Gasteiger partial charge in [0.25, 0.3) is 5.69 Å². The number of allylic oxidation sites excluding steroid dienone is 3. The summed E-state index contributed by atoms with van der Waals surface area (Å²) < 4.78 is 0. The van der Waals surface area contributed by atoms with Crippen molar-refractivity contribution in [2.24, 2.45) is 0 Å². The normalized spacial score (nSPS) is 11.5. The van der Waals surface area contributed by atoms with Crippen LogP contribution >= 0.6 is 0 Å². The van der Waals surface area contributed by atoms with Gasteiger partial charge < -0.3 is 0 Å². The van der Waals surface area contributed by atoms with Gasteiger partial charge in [0.05, 0.1) is 4.92 Å². The molecule has 0 fully saturated rings. The van der Waals surface area contributed by atoms with Gasteiger partial charge in [-0.25, -0.2) is 0 Å². The van der Waals surface area contributed by atoms with Gasteiger partial charge in [-0.15, -0.1) is 0 Å². The maximum atomic E-state index is 11.1. The van der Waals surface area contributed by atoms with Crippen LogP contribution in [0.25, 0.3) is 11.6 Å². The fourth-order valence-electron chi connectivity index (χ4n) is 1.80. The number of benzene rings is 2. The van der Waals surface area contributed by atoms with Crippen molar-refractivity contribution in [3.63, 3.8) is 0 Å². The number of aldehydes is 1. The van der Waals surface area contributed by atoms with E-state index in [1.807, 2.05) is 30.3 Å². The second-order valence-corrected chi connectivity index (χ2v) is 4.31. The molecule has 0 aliphatic heterocycles. The third kappa shape index (κ3) is 3.98. The minimum absolute atomic E-state index is 0.0561. The van der Waals surface area contributed by atoms with Crippen molar-refractivity contribution in [1.29, 1.82) is 0 Å². The Morgan fingerprint density at radius 3 is 2.24 bits per heavy atom. The summed E-state index contributed by atoms with van der Waals surface area (Å²) in [5.41, 5.74) is 2.31. The van der Waals surface area contributed by atoms with Gasteiger partial charge in [0.2, 0.25) is 0 Å². The number of hydrogen-bond acceptors (Lipinski definition) is 3. The van der Waals surface area contributed by atoms with E-state index < -0.39 is 4.92 Å². The van der Waals surface area contributed by atoms with Gasteiger partial charge in [0, 0.05) is 17.7 Å². The molecule has 2 aromatic carbocycles. The molecular formula is C17H13NO3. The zero-order valence-electron chi connectivity index (χ0n) is 11.2. The molecule has 0 amide bonds. The fraction of sp³-hybridized carbons (Fsp3) is 0. The summed E-state index contributed by atoms with van der Waals surface area (Å²) >= 11 is 0. The summed E-state index contributed by atoms with van der Waals surface area (Å²) in [6.07, 6.45) is 6.05. The number of nitrogens with zero attached hydrogens (tertiary/aromatic N) is 1. The summed E-state index contributed by atoms with van der Waals surface area (Å²) in [4.78, 5) is 21.2. The van der Waals surface area contributed by atoms with Gasteiger partial charge in [0.1, 0.15) is 0 Å². The van der Waals surface area contributed by atoms with Crippen molar-refractivity contribution in [3.8, 4) is 0 Å². The quantitative estimate of drug-likeness (QED) is 0.274. The second-order valence-electron chi connectivity index (χ2n) is 4.31. The molecule has 21 heavy (non-hydrogen) atoms. The highest BCUT2D eigenvalue weighted by Gasteiger charge is 2.02. The summed E-state index contributed by atoms with van der Waals surface area (Å²) in [6.45, 7) is 0. The molecule has 0 saturated heterocycles. The molecule has 0 aliphatic carbocycles. The van der Waals surface area contributed by atoms with Crippen LogP contribution in [-0.4, -0.2) is 11.2 Å². The lowest BCUT2D eigenvalue weighted by molar-refractivity contribution is -0.384. The van der Waals surface area contributed by atoms with E-state index in [0.29, 0.717) is 5.57 Å². The fourth-order valence-corrected chi connectivity index (χ4v) is 1.80. The van der Waals surface area contributed by atoms with Crippen molar-refractivity contribution in [3.05, 3.63) is 88.0 Å². The van der Waals surface area contributed by atoms with E-state index >= 15 is 0 Å². The van der Waals surface area contributed by atoms with Crippen LogP contribution in [0.2, 0.25) is 0 Å². The molecule has 2 rings (SSSR count). The molecule has 0 aliphatic rings. The monoisotopic (exact) mass is 279 g/mol. The van der Waals surface area contributed by atoms with E-state index in [4.69, 9.17) is 0 Å². The number of rotatable bonds is 5. The van der Waals surface area contributed by atoms with Crippen LogP contribution in [0.15, 0.2) is 66.7 Å². The van der Waals surface area contributed by atoms with E-state index in [1.54, 1.807) is 30.4 Å². The van der Waals surface area contributed by atoms with E-state index in [-0.39, 0.29) is 5.69 Å². The number of hydrogen-bond donors (Lipinski definition) is 0. The first-order chi connectivity index (χ1) is 10.2. The van der Waals surface area contributed by atoms with Gasteiger partial charge in [-0.1, -0.05) is 48.6 Å². The van der Waals surface area contributed by atoms with Crippen LogP contribution in [0.3, 0.4) is 0 Å². The van der Waals surface area contributed by atoms with E-state index in [2.05, 4.69) is 0 Å². The molecule has 0 heterocycles. The Kier molecular flexibility index (Phi) is 4.77. The Balaban J connectivity index is 2.14. The Hall–Kier alpha value is -3.01. The molecule has 4 heteroatoms. The third-order valence-corrected chi connectivity index (χ3v) is 2.90. The second kappa shape index (κ2) is 6.96. The van der Waals surface area contributed by atoms with Gasteiger partial charge in [0.15, 0.2) is 6.29 Å². The summed E-state index contributed by atoms with van der Waals surface area (Å²) in [5, 5.41) is 10.6. The van der Waals surface area contributed by atoms with Gasteiger partial charge in [-0.2, -0.15) is 0 Å². The molecule has 0 bridgehead atoms. The van der Waals surface area contributed by atoms with Crippen molar-refractivity contribution < 1.29 is 9.72 Å². The van der Waals surface area contributed by atoms with Crippen LogP contribution in [0, 0.1) is 10.1 Å². The molecule has 0 unspecified atom stereocenters. The van der Waals surface area contributed by atoms with Crippen molar-refractivity contribution >= 4 is 23.6 Å². The van der Waals surface area contributed by atoms with E-state index in [0.717, 1.165) is 17.4 Å².